The van der Waals surface area contributed by atoms with Crippen molar-refractivity contribution in [2.45, 2.75) is 0 Å². The van der Waals surface area contributed by atoms with Crippen LogP contribution < -0.4 is 5.32 Å². The van der Waals surface area contributed by atoms with E-state index in [-0.39, 0.29) is 16.3 Å². The van der Waals surface area contributed by atoms with Crippen molar-refractivity contribution in [3.63, 3.8) is 0 Å². The molecule has 2 rings (SSSR count). The molecular weight excluding hydrogens is 303 g/mol. The summed E-state index contributed by atoms with van der Waals surface area (Å²) in [5, 5.41) is 22.7. The van der Waals surface area contributed by atoms with E-state index in [0.29, 0.717) is 0 Å². The molecule has 0 aliphatic rings. The number of rotatable bonds is 3. The molecule has 108 valence electrons. The summed E-state index contributed by atoms with van der Waals surface area (Å²) in [6.45, 7) is 0. The third-order valence-corrected chi connectivity index (χ3v) is 2.94. The predicted molar refractivity (Wildman–Crippen MR) is 74.1 cm³/mol. The summed E-state index contributed by atoms with van der Waals surface area (Å²) in [6, 6.07) is 7.15. The van der Waals surface area contributed by atoms with Crippen LogP contribution in [-0.4, -0.2) is 15.9 Å². The highest BCUT2D eigenvalue weighted by atomic mass is 35.5. The molecule has 0 heterocycles. The first kappa shape index (κ1) is 14.7. The van der Waals surface area contributed by atoms with Crippen molar-refractivity contribution in [1.29, 1.82) is 0 Å². The number of aromatic hydroxyl groups is 1. The van der Waals surface area contributed by atoms with Gasteiger partial charge in [-0.1, -0.05) is 11.6 Å². The number of nitrogens with zero attached hydrogens (tertiary/aromatic N) is 1. The molecule has 0 radical (unpaired) electrons. The molecule has 2 aromatic carbocycles. The van der Waals surface area contributed by atoms with Gasteiger partial charge in [-0.15, -0.1) is 0 Å². The Morgan fingerprint density at radius 3 is 2.43 bits per heavy atom. The van der Waals surface area contributed by atoms with Crippen LogP contribution in [0.5, 0.6) is 5.75 Å². The molecule has 0 atom stereocenters. The Balaban J connectivity index is 2.37. The highest BCUT2D eigenvalue weighted by Gasteiger charge is 2.26. The number of nitro benzene ring substituents is 1. The standard InChI is InChI=1S/C13H8ClFN2O4/c14-10-6-5-9(11(12(10)18)17(20)21)13(19)16-8-3-1-7(15)2-4-8/h1-6,18H,(H,16,19). The van der Waals surface area contributed by atoms with Crippen molar-refractivity contribution in [3.8, 4) is 5.75 Å². The van der Waals surface area contributed by atoms with Crippen molar-refractivity contribution in [2.24, 2.45) is 0 Å². The maximum Gasteiger partial charge on any atom is 0.324 e. The molecule has 2 aromatic rings. The Labute approximate surface area is 122 Å². The Kier molecular flexibility index (Phi) is 4.04. The summed E-state index contributed by atoms with van der Waals surface area (Å²) in [4.78, 5) is 22.1. The number of carbonyl (C=O) groups is 1. The minimum absolute atomic E-state index is 0.236. The van der Waals surface area contributed by atoms with E-state index in [9.17, 15) is 24.4 Å². The van der Waals surface area contributed by atoms with Gasteiger partial charge in [-0.2, -0.15) is 0 Å². The van der Waals surface area contributed by atoms with Crippen LogP contribution in [0.4, 0.5) is 15.8 Å². The van der Waals surface area contributed by atoms with E-state index in [1.54, 1.807) is 0 Å². The molecule has 0 unspecified atom stereocenters. The second-order valence-electron chi connectivity index (χ2n) is 4.01. The quantitative estimate of drug-likeness (QED) is 0.671. The summed E-state index contributed by atoms with van der Waals surface area (Å²) in [5.41, 5.74) is -0.890. The summed E-state index contributed by atoms with van der Waals surface area (Å²) in [6.07, 6.45) is 0. The SMILES string of the molecule is O=C(Nc1ccc(F)cc1)c1ccc(Cl)c(O)c1[N+](=O)[O-]. The summed E-state index contributed by atoms with van der Waals surface area (Å²) < 4.78 is 12.8. The number of hydrogen-bond donors (Lipinski definition) is 2. The minimum atomic E-state index is -0.902. The number of hydrogen-bond acceptors (Lipinski definition) is 4. The van der Waals surface area contributed by atoms with E-state index >= 15 is 0 Å². The van der Waals surface area contributed by atoms with Crippen molar-refractivity contribution >= 4 is 28.9 Å². The molecule has 0 aliphatic carbocycles. The van der Waals surface area contributed by atoms with Crippen molar-refractivity contribution < 1.29 is 19.2 Å². The number of nitro groups is 1. The lowest BCUT2D eigenvalue weighted by Crippen LogP contribution is -2.14. The fourth-order valence-electron chi connectivity index (χ4n) is 1.65. The van der Waals surface area contributed by atoms with Gasteiger partial charge in [0.2, 0.25) is 5.75 Å². The van der Waals surface area contributed by atoms with Gasteiger partial charge in [0.1, 0.15) is 11.4 Å². The third-order valence-electron chi connectivity index (χ3n) is 2.63. The molecular formula is C13H8ClFN2O4. The van der Waals surface area contributed by atoms with E-state index in [0.717, 1.165) is 18.2 Å². The maximum absolute atomic E-state index is 12.8. The zero-order chi connectivity index (χ0) is 15.6. The second kappa shape index (κ2) is 5.76. The number of nitrogens with one attached hydrogen (secondary N) is 1. The van der Waals surface area contributed by atoms with Crippen LogP contribution in [0.1, 0.15) is 10.4 Å². The Bertz CT molecular complexity index is 719. The predicted octanol–water partition coefficient (Wildman–Crippen LogP) is 3.35. The van der Waals surface area contributed by atoms with E-state index in [1.165, 1.54) is 18.2 Å². The molecule has 0 spiro atoms. The fraction of sp³-hybridized carbons (Fsp3) is 0. The first-order valence-electron chi connectivity index (χ1n) is 5.63. The van der Waals surface area contributed by atoms with Crippen LogP contribution in [0.15, 0.2) is 36.4 Å². The van der Waals surface area contributed by atoms with Crippen LogP contribution in [0.2, 0.25) is 5.02 Å². The lowest BCUT2D eigenvalue weighted by Gasteiger charge is -2.07. The molecule has 8 heteroatoms. The second-order valence-corrected chi connectivity index (χ2v) is 4.42. The molecule has 0 fully saturated rings. The maximum atomic E-state index is 12.8. The van der Waals surface area contributed by atoms with Gasteiger partial charge in [-0.25, -0.2) is 4.39 Å². The summed E-state index contributed by atoms with van der Waals surface area (Å²) in [7, 11) is 0. The van der Waals surface area contributed by atoms with Crippen LogP contribution in [0, 0.1) is 15.9 Å². The van der Waals surface area contributed by atoms with E-state index in [1.807, 2.05) is 0 Å². The largest absolute Gasteiger partial charge is 0.501 e. The van der Waals surface area contributed by atoms with E-state index in [4.69, 9.17) is 11.6 Å². The molecule has 21 heavy (non-hydrogen) atoms. The highest BCUT2D eigenvalue weighted by Crippen LogP contribution is 2.36. The number of anilines is 1. The molecule has 0 bridgehead atoms. The highest BCUT2D eigenvalue weighted by molar-refractivity contribution is 6.32. The third kappa shape index (κ3) is 3.09. The lowest BCUT2D eigenvalue weighted by atomic mass is 10.1. The molecule has 0 aromatic heterocycles. The van der Waals surface area contributed by atoms with Crippen molar-refractivity contribution in [3.05, 3.63) is 62.9 Å². The molecule has 2 N–H and O–H groups in total. The van der Waals surface area contributed by atoms with Crippen LogP contribution >= 0.6 is 11.6 Å². The van der Waals surface area contributed by atoms with Gasteiger partial charge in [0.05, 0.1) is 9.95 Å². The van der Waals surface area contributed by atoms with Crippen molar-refractivity contribution in [2.75, 3.05) is 5.32 Å². The Morgan fingerprint density at radius 2 is 1.86 bits per heavy atom. The average molecular weight is 311 g/mol. The van der Waals surface area contributed by atoms with E-state index < -0.39 is 28.1 Å². The van der Waals surface area contributed by atoms with Crippen molar-refractivity contribution in [1.82, 2.24) is 0 Å². The van der Waals surface area contributed by atoms with Gasteiger partial charge in [0, 0.05) is 5.69 Å². The number of amides is 1. The molecule has 6 nitrogen and oxygen atoms in total. The van der Waals surface area contributed by atoms with Gasteiger partial charge in [-0.3, -0.25) is 14.9 Å². The topological polar surface area (TPSA) is 92.5 Å². The van der Waals surface area contributed by atoms with Crippen LogP contribution in [0.3, 0.4) is 0 Å². The monoisotopic (exact) mass is 310 g/mol. The van der Waals surface area contributed by atoms with Gasteiger partial charge >= 0.3 is 5.69 Å². The summed E-state index contributed by atoms with van der Waals surface area (Å²) >= 11 is 5.58. The number of carbonyl (C=O) groups excluding carboxylic acids is 1. The Hall–Kier alpha value is -2.67. The minimum Gasteiger partial charge on any atom is -0.501 e. The number of phenols is 1. The molecule has 1 amide bonds. The van der Waals surface area contributed by atoms with Crippen LogP contribution in [-0.2, 0) is 0 Å². The fourth-order valence-corrected chi connectivity index (χ4v) is 1.81. The Morgan fingerprint density at radius 1 is 1.24 bits per heavy atom. The number of halogens is 2. The van der Waals surface area contributed by atoms with Gasteiger partial charge in [-0.05, 0) is 36.4 Å². The normalized spacial score (nSPS) is 10.2. The molecule has 0 saturated heterocycles. The van der Waals surface area contributed by atoms with Crippen LogP contribution in [0.25, 0.3) is 0 Å². The smallest absolute Gasteiger partial charge is 0.324 e. The number of benzene rings is 2. The van der Waals surface area contributed by atoms with E-state index in [2.05, 4.69) is 5.32 Å². The summed E-state index contributed by atoms with van der Waals surface area (Å²) in [5.74, 6) is -2.09. The first-order valence-corrected chi connectivity index (χ1v) is 6.00. The molecule has 0 aliphatic heterocycles. The van der Waals surface area contributed by atoms with Gasteiger partial charge < -0.3 is 10.4 Å². The number of phenolic OH excluding ortho intramolecular Hbond substituents is 1. The average Bonchev–Trinajstić information content (AvgIpc) is 2.43. The zero-order valence-electron chi connectivity index (χ0n) is 10.3. The lowest BCUT2D eigenvalue weighted by molar-refractivity contribution is -0.386. The van der Waals surface area contributed by atoms with Gasteiger partial charge in [0.15, 0.2) is 0 Å². The first-order chi connectivity index (χ1) is 9.90. The zero-order valence-corrected chi connectivity index (χ0v) is 11.1. The van der Waals surface area contributed by atoms with Gasteiger partial charge in [0.25, 0.3) is 5.91 Å². The molecule has 0 saturated carbocycles.